The number of aromatic nitrogens is 2. The molecule has 0 aromatic carbocycles. The number of hydrogen-bond donors (Lipinski definition) is 4. The number of carbonyl (C=O) groups excluding carboxylic acids is 1. The molecule has 1 aliphatic rings. The second-order valence-electron chi connectivity index (χ2n) is 6.14. The standard InChI is InChI=1S/C16H22N6OS/c1-9-6-15(24-22-9)21-13-7-14(19-8-10(13)16(18)23)20-12-5-3-2-4-11(12)17/h6-8,11-12H,2-5,17H2,1H3,(H2,18,23)(H2,19,20,21)/t11-,12+/m0/s1. The fourth-order valence-electron chi connectivity index (χ4n) is 2.92. The molecule has 2 aromatic rings. The van der Waals surface area contributed by atoms with Crippen LogP contribution in [-0.4, -0.2) is 27.3 Å². The third kappa shape index (κ3) is 3.82. The first-order valence-electron chi connectivity index (χ1n) is 8.05. The van der Waals surface area contributed by atoms with Crippen LogP contribution < -0.4 is 22.1 Å². The van der Waals surface area contributed by atoms with Crippen molar-refractivity contribution in [2.75, 3.05) is 10.6 Å². The fraction of sp³-hybridized carbons (Fsp3) is 0.438. The van der Waals surface area contributed by atoms with Gasteiger partial charge in [-0.1, -0.05) is 12.8 Å². The van der Waals surface area contributed by atoms with Gasteiger partial charge in [0, 0.05) is 24.3 Å². The van der Waals surface area contributed by atoms with E-state index in [9.17, 15) is 4.79 Å². The number of aryl methyl sites for hydroxylation is 1. The maximum Gasteiger partial charge on any atom is 0.252 e. The third-order valence-corrected chi connectivity index (χ3v) is 5.00. The maximum absolute atomic E-state index is 11.7. The summed E-state index contributed by atoms with van der Waals surface area (Å²) in [6, 6.07) is 4.04. The molecule has 1 fully saturated rings. The van der Waals surface area contributed by atoms with Crippen LogP contribution in [0.1, 0.15) is 41.7 Å². The summed E-state index contributed by atoms with van der Waals surface area (Å²) < 4.78 is 4.23. The molecule has 0 radical (unpaired) electrons. The molecule has 0 spiro atoms. The highest BCUT2D eigenvalue weighted by molar-refractivity contribution is 7.10. The summed E-state index contributed by atoms with van der Waals surface area (Å²) >= 11 is 1.33. The molecule has 128 valence electrons. The Hall–Kier alpha value is -2.19. The Balaban J connectivity index is 1.83. The quantitative estimate of drug-likeness (QED) is 0.660. The van der Waals surface area contributed by atoms with Gasteiger partial charge < -0.3 is 22.1 Å². The first-order valence-corrected chi connectivity index (χ1v) is 8.82. The molecule has 1 aliphatic carbocycles. The highest BCUT2D eigenvalue weighted by atomic mass is 32.1. The van der Waals surface area contributed by atoms with Gasteiger partial charge in [0.25, 0.3) is 5.91 Å². The van der Waals surface area contributed by atoms with Crippen molar-refractivity contribution in [3.05, 3.63) is 29.6 Å². The number of nitrogens with one attached hydrogen (secondary N) is 2. The highest BCUT2D eigenvalue weighted by Crippen LogP contribution is 2.27. The Labute approximate surface area is 145 Å². The zero-order valence-electron chi connectivity index (χ0n) is 13.6. The molecule has 3 rings (SSSR count). The lowest BCUT2D eigenvalue weighted by molar-refractivity contribution is 0.100. The van der Waals surface area contributed by atoms with Crippen molar-refractivity contribution in [2.45, 2.75) is 44.7 Å². The number of hydrogen-bond acceptors (Lipinski definition) is 7. The van der Waals surface area contributed by atoms with Crippen molar-refractivity contribution in [2.24, 2.45) is 11.5 Å². The molecule has 2 atom stereocenters. The van der Waals surface area contributed by atoms with Crippen molar-refractivity contribution in [1.29, 1.82) is 0 Å². The summed E-state index contributed by atoms with van der Waals surface area (Å²) in [7, 11) is 0. The van der Waals surface area contributed by atoms with Crippen molar-refractivity contribution >= 4 is 33.9 Å². The smallest absolute Gasteiger partial charge is 0.252 e. The maximum atomic E-state index is 11.7. The van der Waals surface area contributed by atoms with E-state index in [4.69, 9.17) is 11.5 Å². The average molecular weight is 346 g/mol. The lowest BCUT2D eigenvalue weighted by Crippen LogP contribution is -2.42. The van der Waals surface area contributed by atoms with Gasteiger partial charge in [-0.3, -0.25) is 4.79 Å². The first-order chi connectivity index (χ1) is 11.5. The van der Waals surface area contributed by atoms with Gasteiger partial charge in [0.15, 0.2) is 0 Å². The number of pyridine rings is 1. The van der Waals surface area contributed by atoms with Gasteiger partial charge in [0.2, 0.25) is 0 Å². The second-order valence-corrected chi connectivity index (χ2v) is 6.94. The van der Waals surface area contributed by atoms with Crippen molar-refractivity contribution < 1.29 is 4.79 Å². The SMILES string of the molecule is Cc1cc(Nc2cc(N[C@@H]3CCCC[C@@H]3N)ncc2C(N)=O)sn1. The number of carbonyl (C=O) groups is 1. The second kappa shape index (κ2) is 7.14. The van der Waals surface area contributed by atoms with Crippen LogP contribution in [-0.2, 0) is 0 Å². The van der Waals surface area contributed by atoms with Crippen molar-refractivity contribution in [3.8, 4) is 0 Å². The molecule has 1 amide bonds. The van der Waals surface area contributed by atoms with Crippen LogP contribution in [0.2, 0.25) is 0 Å². The Morgan fingerprint density at radius 1 is 1.33 bits per heavy atom. The van der Waals surface area contributed by atoms with Gasteiger partial charge >= 0.3 is 0 Å². The summed E-state index contributed by atoms with van der Waals surface area (Å²) in [6.07, 6.45) is 5.87. The predicted molar refractivity (Wildman–Crippen MR) is 96.7 cm³/mol. The summed E-state index contributed by atoms with van der Waals surface area (Å²) in [5.74, 6) is 0.165. The normalized spacial score (nSPS) is 20.6. The van der Waals surface area contributed by atoms with Crippen molar-refractivity contribution in [3.63, 3.8) is 0 Å². The van der Waals surface area contributed by atoms with Crippen LogP contribution in [0.25, 0.3) is 0 Å². The number of nitrogens with two attached hydrogens (primary N) is 2. The van der Waals surface area contributed by atoms with Crippen LogP contribution in [0, 0.1) is 6.92 Å². The van der Waals surface area contributed by atoms with E-state index in [0.717, 1.165) is 30.0 Å². The minimum atomic E-state index is -0.521. The van der Waals surface area contributed by atoms with Crippen molar-refractivity contribution in [1.82, 2.24) is 9.36 Å². The van der Waals surface area contributed by atoms with Crippen LogP contribution in [0.4, 0.5) is 16.5 Å². The van der Waals surface area contributed by atoms with Gasteiger partial charge in [-0.05, 0) is 37.4 Å². The molecule has 0 saturated heterocycles. The lowest BCUT2D eigenvalue weighted by Gasteiger charge is -2.29. The minimum absolute atomic E-state index is 0.122. The molecular weight excluding hydrogens is 324 g/mol. The Bertz CT molecular complexity index is 731. The van der Waals surface area contributed by atoms with Crippen LogP contribution in [0.15, 0.2) is 18.3 Å². The summed E-state index contributed by atoms with van der Waals surface area (Å²) in [4.78, 5) is 16.0. The average Bonchev–Trinajstić information content (AvgIpc) is 2.94. The topological polar surface area (TPSA) is 119 Å². The highest BCUT2D eigenvalue weighted by Gasteiger charge is 2.22. The molecule has 0 bridgehead atoms. The minimum Gasteiger partial charge on any atom is -0.366 e. The Morgan fingerprint density at radius 2 is 2.12 bits per heavy atom. The van der Waals surface area contributed by atoms with E-state index < -0.39 is 5.91 Å². The third-order valence-electron chi connectivity index (χ3n) is 4.21. The Kier molecular flexibility index (Phi) is 4.96. The molecule has 2 heterocycles. The largest absolute Gasteiger partial charge is 0.366 e. The zero-order valence-corrected chi connectivity index (χ0v) is 14.4. The van der Waals surface area contributed by atoms with E-state index in [2.05, 4.69) is 20.0 Å². The molecular formula is C16H22N6OS. The number of primary amides is 1. The fourth-order valence-corrected chi connectivity index (χ4v) is 3.59. The van der Waals surface area contributed by atoms with Gasteiger partial charge in [0.05, 0.1) is 16.9 Å². The van der Waals surface area contributed by atoms with Gasteiger partial charge in [-0.2, -0.15) is 4.37 Å². The van der Waals surface area contributed by atoms with E-state index >= 15 is 0 Å². The molecule has 7 nitrogen and oxygen atoms in total. The molecule has 0 aliphatic heterocycles. The molecule has 24 heavy (non-hydrogen) atoms. The van der Waals surface area contributed by atoms with Crippen LogP contribution in [0.5, 0.6) is 0 Å². The van der Waals surface area contributed by atoms with Crippen LogP contribution in [0.3, 0.4) is 0 Å². The molecule has 2 aromatic heterocycles. The zero-order chi connectivity index (χ0) is 17.1. The van der Waals surface area contributed by atoms with E-state index in [1.807, 2.05) is 13.0 Å². The number of nitrogens with zero attached hydrogens (tertiary/aromatic N) is 2. The summed E-state index contributed by atoms with van der Waals surface area (Å²) in [6.45, 7) is 1.92. The van der Waals surface area contributed by atoms with Gasteiger partial charge in [-0.15, -0.1) is 0 Å². The van der Waals surface area contributed by atoms with Gasteiger partial charge in [-0.25, -0.2) is 4.98 Å². The summed E-state index contributed by atoms with van der Waals surface area (Å²) in [5, 5.41) is 7.44. The monoisotopic (exact) mass is 346 g/mol. The Morgan fingerprint density at radius 3 is 2.79 bits per heavy atom. The van der Waals surface area contributed by atoms with E-state index in [-0.39, 0.29) is 12.1 Å². The van der Waals surface area contributed by atoms with E-state index in [0.29, 0.717) is 17.1 Å². The van der Waals surface area contributed by atoms with Crippen LogP contribution >= 0.6 is 11.5 Å². The van der Waals surface area contributed by atoms with E-state index in [1.54, 1.807) is 6.07 Å². The number of anilines is 3. The van der Waals surface area contributed by atoms with Gasteiger partial charge in [0.1, 0.15) is 10.8 Å². The predicted octanol–water partition coefficient (Wildman–Crippen LogP) is 2.37. The number of rotatable bonds is 5. The lowest BCUT2D eigenvalue weighted by atomic mass is 9.91. The molecule has 8 heteroatoms. The molecule has 6 N–H and O–H groups in total. The van der Waals surface area contributed by atoms with E-state index in [1.165, 1.54) is 24.2 Å². The number of amides is 1. The first kappa shape index (κ1) is 16.7. The summed E-state index contributed by atoms with van der Waals surface area (Å²) in [5.41, 5.74) is 13.5. The molecule has 1 saturated carbocycles. The molecule has 0 unspecified atom stereocenters.